The van der Waals surface area contributed by atoms with Gasteiger partial charge >= 0.3 is 0 Å². The van der Waals surface area contributed by atoms with Gasteiger partial charge in [-0.2, -0.15) is 4.98 Å². The van der Waals surface area contributed by atoms with E-state index in [1.807, 2.05) is 5.38 Å². The van der Waals surface area contributed by atoms with Gasteiger partial charge in [0, 0.05) is 5.38 Å². The molecule has 1 aliphatic carbocycles. The van der Waals surface area contributed by atoms with Crippen LogP contribution in [0, 0.1) is 0 Å². The van der Waals surface area contributed by atoms with E-state index < -0.39 is 0 Å². The molecule has 2 unspecified atom stereocenters. The fraction of sp³-hybridized carbons (Fsp3) is 0.545. The Kier molecular flexibility index (Phi) is 2.90. The molecule has 2 atom stereocenters. The van der Waals surface area contributed by atoms with Crippen LogP contribution in [0.1, 0.15) is 37.5 Å². The monoisotopic (exact) mass is 251 g/mol. The van der Waals surface area contributed by atoms with E-state index in [-0.39, 0.29) is 12.0 Å². The fourth-order valence-electron chi connectivity index (χ4n) is 2.21. The lowest BCUT2D eigenvalue weighted by Crippen LogP contribution is -2.22. The van der Waals surface area contributed by atoms with Crippen LogP contribution in [0.5, 0.6) is 0 Å². The van der Waals surface area contributed by atoms with E-state index in [0.29, 0.717) is 11.7 Å². The molecule has 2 aromatic rings. The highest BCUT2D eigenvalue weighted by Crippen LogP contribution is 2.32. The van der Waals surface area contributed by atoms with Crippen LogP contribution in [-0.4, -0.2) is 26.3 Å². The molecule has 2 aromatic heterocycles. The summed E-state index contributed by atoms with van der Waals surface area (Å²) in [5.41, 5.74) is 2.47. The molecule has 90 valence electrons. The van der Waals surface area contributed by atoms with Gasteiger partial charge in [-0.05, 0) is 12.8 Å². The van der Waals surface area contributed by atoms with Gasteiger partial charge in [0.15, 0.2) is 0 Å². The summed E-state index contributed by atoms with van der Waals surface area (Å²) >= 11 is 1.50. The topological polar surface area (TPSA) is 72.0 Å². The Morgan fingerprint density at radius 2 is 2.24 bits per heavy atom. The molecule has 6 heteroatoms. The first-order valence-electron chi connectivity index (χ1n) is 5.75. The zero-order valence-corrected chi connectivity index (χ0v) is 10.1. The van der Waals surface area contributed by atoms with E-state index in [4.69, 9.17) is 4.52 Å². The van der Waals surface area contributed by atoms with Crippen molar-refractivity contribution in [1.82, 2.24) is 15.1 Å². The summed E-state index contributed by atoms with van der Waals surface area (Å²) in [6.07, 6.45) is 3.56. The van der Waals surface area contributed by atoms with Crippen molar-refractivity contribution in [3.05, 3.63) is 16.8 Å². The van der Waals surface area contributed by atoms with Crippen molar-refractivity contribution in [2.75, 3.05) is 0 Å². The van der Waals surface area contributed by atoms with Crippen LogP contribution in [-0.2, 0) is 0 Å². The van der Waals surface area contributed by atoms with Crippen molar-refractivity contribution in [3.63, 3.8) is 0 Å². The predicted octanol–water partition coefficient (Wildman–Crippen LogP) is 2.21. The second-order valence-electron chi connectivity index (χ2n) is 4.29. The molecule has 0 radical (unpaired) electrons. The number of nitrogens with zero attached hydrogens (tertiary/aromatic N) is 3. The molecule has 0 aliphatic heterocycles. The van der Waals surface area contributed by atoms with E-state index in [2.05, 4.69) is 15.1 Å². The zero-order valence-electron chi connectivity index (χ0n) is 9.24. The fourth-order valence-corrected chi connectivity index (χ4v) is 2.74. The van der Waals surface area contributed by atoms with Gasteiger partial charge < -0.3 is 9.63 Å². The normalized spacial score (nSPS) is 25.0. The molecule has 2 heterocycles. The van der Waals surface area contributed by atoms with Crippen LogP contribution in [0.4, 0.5) is 0 Å². The number of aliphatic hydroxyl groups excluding tert-OH is 1. The van der Waals surface area contributed by atoms with Gasteiger partial charge in [-0.25, -0.2) is 4.98 Å². The van der Waals surface area contributed by atoms with Gasteiger partial charge in [0.05, 0.1) is 17.5 Å². The Morgan fingerprint density at radius 1 is 1.35 bits per heavy atom. The third-order valence-corrected chi connectivity index (χ3v) is 3.74. The second kappa shape index (κ2) is 4.54. The highest BCUT2D eigenvalue weighted by atomic mass is 32.1. The summed E-state index contributed by atoms with van der Waals surface area (Å²) in [5, 5.41) is 15.7. The largest absolute Gasteiger partial charge is 0.392 e. The summed E-state index contributed by atoms with van der Waals surface area (Å²) in [6.45, 7) is 0. The van der Waals surface area contributed by atoms with Crippen LogP contribution in [0.3, 0.4) is 0 Å². The standard InChI is InChI=1S/C11H13N3O2S/c15-9-4-2-1-3-7(9)11-13-10(14-16-11)8-5-17-6-12-8/h5-7,9,15H,1-4H2. The van der Waals surface area contributed by atoms with Gasteiger partial charge in [-0.15, -0.1) is 11.3 Å². The molecule has 5 nitrogen and oxygen atoms in total. The molecule has 1 fully saturated rings. The van der Waals surface area contributed by atoms with Crippen molar-refractivity contribution in [1.29, 1.82) is 0 Å². The average molecular weight is 251 g/mol. The van der Waals surface area contributed by atoms with Crippen LogP contribution >= 0.6 is 11.3 Å². The Bertz CT molecular complexity index is 483. The maximum atomic E-state index is 9.92. The molecule has 3 rings (SSSR count). The minimum Gasteiger partial charge on any atom is -0.392 e. The van der Waals surface area contributed by atoms with Crippen LogP contribution < -0.4 is 0 Å². The smallest absolute Gasteiger partial charge is 0.232 e. The van der Waals surface area contributed by atoms with Gasteiger partial charge in [0.2, 0.25) is 11.7 Å². The summed E-state index contributed by atoms with van der Waals surface area (Å²) in [5.74, 6) is 1.04. The van der Waals surface area contributed by atoms with Crippen LogP contribution in [0.2, 0.25) is 0 Å². The Morgan fingerprint density at radius 3 is 3.00 bits per heavy atom. The third-order valence-electron chi connectivity index (χ3n) is 3.15. The van der Waals surface area contributed by atoms with E-state index >= 15 is 0 Å². The van der Waals surface area contributed by atoms with Crippen molar-refractivity contribution in [2.45, 2.75) is 37.7 Å². The van der Waals surface area contributed by atoms with Crippen molar-refractivity contribution >= 4 is 11.3 Å². The first-order valence-corrected chi connectivity index (χ1v) is 6.69. The molecule has 1 saturated carbocycles. The molecule has 0 bridgehead atoms. The molecule has 0 aromatic carbocycles. The Hall–Kier alpha value is -1.27. The number of thiazole rings is 1. The number of rotatable bonds is 2. The van der Waals surface area contributed by atoms with Gasteiger partial charge in [0.25, 0.3) is 0 Å². The van der Waals surface area contributed by atoms with E-state index in [9.17, 15) is 5.11 Å². The maximum Gasteiger partial charge on any atom is 0.232 e. The molecule has 1 aliphatic rings. The number of aromatic nitrogens is 3. The summed E-state index contributed by atoms with van der Waals surface area (Å²) in [6, 6.07) is 0. The van der Waals surface area contributed by atoms with E-state index in [1.165, 1.54) is 11.3 Å². The Labute approximate surface area is 103 Å². The molecule has 17 heavy (non-hydrogen) atoms. The SMILES string of the molecule is OC1CCCCC1c1nc(-c2cscn2)no1. The molecular weight excluding hydrogens is 238 g/mol. The minimum atomic E-state index is -0.354. The van der Waals surface area contributed by atoms with Gasteiger partial charge in [0.1, 0.15) is 5.69 Å². The number of hydrogen-bond acceptors (Lipinski definition) is 6. The first-order chi connectivity index (χ1) is 8.34. The highest BCUT2D eigenvalue weighted by molar-refractivity contribution is 7.07. The molecule has 0 amide bonds. The predicted molar refractivity (Wildman–Crippen MR) is 62.6 cm³/mol. The third kappa shape index (κ3) is 2.10. The van der Waals surface area contributed by atoms with Crippen molar-refractivity contribution < 1.29 is 9.63 Å². The first kappa shape index (κ1) is 10.9. The van der Waals surface area contributed by atoms with Crippen LogP contribution in [0.25, 0.3) is 11.5 Å². The minimum absolute atomic E-state index is 0.0105. The summed E-state index contributed by atoms with van der Waals surface area (Å²) < 4.78 is 5.24. The molecular formula is C11H13N3O2S. The van der Waals surface area contributed by atoms with Crippen LogP contribution in [0.15, 0.2) is 15.4 Å². The lowest BCUT2D eigenvalue weighted by atomic mass is 9.86. The second-order valence-corrected chi connectivity index (χ2v) is 5.01. The maximum absolute atomic E-state index is 9.92. The zero-order chi connectivity index (χ0) is 11.7. The number of aliphatic hydroxyl groups is 1. The van der Waals surface area contributed by atoms with Crippen molar-refractivity contribution in [3.8, 4) is 11.5 Å². The molecule has 0 spiro atoms. The Balaban J connectivity index is 1.84. The molecule has 0 saturated heterocycles. The lowest BCUT2D eigenvalue weighted by Gasteiger charge is -2.23. The summed E-state index contributed by atoms with van der Waals surface area (Å²) in [7, 11) is 0. The van der Waals surface area contributed by atoms with E-state index in [0.717, 1.165) is 31.4 Å². The molecule has 1 N–H and O–H groups in total. The van der Waals surface area contributed by atoms with Gasteiger partial charge in [-0.3, -0.25) is 0 Å². The number of hydrogen-bond donors (Lipinski definition) is 1. The average Bonchev–Trinajstić information content (AvgIpc) is 3.00. The van der Waals surface area contributed by atoms with E-state index in [1.54, 1.807) is 5.51 Å². The lowest BCUT2D eigenvalue weighted by molar-refractivity contribution is 0.0908. The van der Waals surface area contributed by atoms with Gasteiger partial charge in [-0.1, -0.05) is 18.0 Å². The summed E-state index contributed by atoms with van der Waals surface area (Å²) in [4.78, 5) is 8.47. The van der Waals surface area contributed by atoms with Crippen molar-refractivity contribution in [2.24, 2.45) is 0 Å². The highest BCUT2D eigenvalue weighted by Gasteiger charge is 2.29. The quantitative estimate of drug-likeness (QED) is 0.886.